The van der Waals surface area contributed by atoms with Crippen LogP contribution in [0.5, 0.6) is 0 Å². The maximum absolute atomic E-state index is 9.92. The Morgan fingerprint density at radius 1 is 0.344 bits per heavy atom. The molecule has 0 amide bonds. The monoisotopic (exact) mass is 821 g/mol. The molecule has 0 radical (unpaired) electrons. The minimum absolute atomic E-state index is 0.133. The minimum Gasteiger partial charge on any atom is -0.455 e. The van der Waals surface area contributed by atoms with Crippen LogP contribution in [0.4, 0.5) is 17.1 Å². The predicted molar refractivity (Wildman–Crippen MR) is 264 cm³/mol. The fourth-order valence-corrected chi connectivity index (χ4v) is 10.2. The number of hydrogen-bond donors (Lipinski definition) is 0. The van der Waals surface area contributed by atoms with E-state index in [9.17, 15) is 5.48 Å². The van der Waals surface area contributed by atoms with Gasteiger partial charge in [0.2, 0.25) is 0 Å². The summed E-state index contributed by atoms with van der Waals surface area (Å²) in [6.07, 6.45) is 0. The molecule has 300 valence electrons. The second-order valence-corrected chi connectivity index (χ2v) is 16.4. The summed E-state index contributed by atoms with van der Waals surface area (Å²) < 4.78 is 52.2. The highest BCUT2D eigenvalue weighted by atomic mass is 16.3. The predicted octanol–water partition coefficient (Wildman–Crippen LogP) is 16.7. The van der Waals surface area contributed by atoms with Gasteiger partial charge in [-0.2, -0.15) is 0 Å². The smallest absolute Gasteiger partial charge is 0.143 e. The fraction of sp³-hybridized carbons (Fsp3) is 0.0164. The SMILES string of the molecule is [2H]c1c([2H])c(N(c2ccc(-c3cccc4c3oc3ccccc34)cc2)c2ccc3c(c2)C(c2ccccc2)(c2ccccc2)c2ccccc2-3)c([2H])c([2H])c1-c1cccc2c1oc1ccccc12. The maximum atomic E-state index is 9.92. The zero-order valence-corrected chi connectivity index (χ0v) is 34.5. The Hall–Kier alpha value is -8.40. The molecule has 0 aliphatic heterocycles. The molecule has 0 spiro atoms. The second-order valence-electron chi connectivity index (χ2n) is 16.4. The van der Waals surface area contributed by atoms with Crippen molar-refractivity contribution in [2.75, 3.05) is 4.90 Å². The number of benzene rings is 10. The van der Waals surface area contributed by atoms with Gasteiger partial charge in [-0.15, -0.1) is 0 Å². The lowest BCUT2D eigenvalue weighted by atomic mass is 9.67. The van der Waals surface area contributed by atoms with Gasteiger partial charge in [-0.05, 0) is 93.0 Å². The number of para-hydroxylation sites is 4. The van der Waals surface area contributed by atoms with Gasteiger partial charge in [0.15, 0.2) is 0 Å². The van der Waals surface area contributed by atoms with Crippen molar-refractivity contribution in [2.24, 2.45) is 0 Å². The van der Waals surface area contributed by atoms with Crippen molar-refractivity contribution in [3.05, 3.63) is 259 Å². The van der Waals surface area contributed by atoms with Gasteiger partial charge in [-0.3, -0.25) is 0 Å². The molecule has 0 saturated heterocycles. The average Bonchev–Trinajstić information content (AvgIpc) is 4.07. The molecule has 1 aliphatic rings. The van der Waals surface area contributed by atoms with E-state index < -0.39 is 5.41 Å². The van der Waals surface area contributed by atoms with Crippen molar-refractivity contribution in [1.82, 2.24) is 0 Å². The van der Waals surface area contributed by atoms with Gasteiger partial charge < -0.3 is 13.7 Å². The number of anilines is 3. The fourth-order valence-electron chi connectivity index (χ4n) is 10.2. The summed E-state index contributed by atoms with van der Waals surface area (Å²) in [4.78, 5) is 1.89. The Labute approximate surface area is 376 Å². The molecule has 13 rings (SSSR count). The van der Waals surface area contributed by atoms with Crippen LogP contribution in [0.2, 0.25) is 0 Å². The lowest BCUT2D eigenvalue weighted by Crippen LogP contribution is -2.28. The number of rotatable bonds is 7. The number of fused-ring (bicyclic) bond motifs is 9. The van der Waals surface area contributed by atoms with Crippen LogP contribution in [0.1, 0.15) is 27.7 Å². The van der Waals surface area contributed by atoms with Gasteiger partial charge in [-0.1, -0.05) is 188 Å². The maximum Gasteiger partial charge on any atom is 0.143 e. The molecule has 12 aromatic rings. The summed E-state index contributed by atoms with van der Waals surface area (Å²) in [5.41, 5.74) is 12.8. The molecule has 1 aliphatic carbocycles. The molecule has 2 aromatic heterocycles. The van der Waals surface area contributed by atoms with Crippen molar-refractivity contribution in [1.29, 1.82) is 0 Å². The van der Waals surface area contributed by atoms with Crippen LogP contribution in [0.25, 0.3) is 77.3 Å². The van der Waals surface area contributed by atoms with Crippen LogP contribution in [0.15, 0.2) is 245 Å². The third-order valence-electron chi connectivity index (χ3n) is 13.1. The number of hydrogen-bond acceptors (Lipinski definition) is 3. The lowest BCUT2D eigenvalue weighted by Gasteiger charge is -2.35. The molecular formula is C61H39NO2. The average molecular weight is 822 g/mol. The molecular weight excluding hydrogens is 779 g/mol. The zero-order valence-electron chi connectivity index (χ0n) is 38.5. The highest BCUT2D eigenvalue weighted by Crippen LogP contribution is 2.57. The zero-order chi connectivity index (χ0) is 45.7. The third-order valence-corrected chi connectivity index (χ3v) is 13.1. The first-order valence-corrected chi connectivity index (χ1v) is 21.6. The Kier molecular flexibility index (Phi) is 7.24. The van der Waals surface area contributed by atoms with E-state index in [0.717, 1.165) is 77.2 Å². The van der Waals surface area contributed by atoms with Gasteiger partial charge in [0.25, 0.3) is 0 Å². The summed E-state index contributed by atoms with van der Waals surface area (Å²) in [6.45, 7) is 0. The van der Waals surface area contributed by atoms with E-state index in [-0.39, 0.29) is 35.4 Å². The summed E-state index contributed by atoms with van der Waals surface area (Å²) in [5, 5.41) is 3.85. The van der Waals surface area contributed by atoms with Crippen molar-refractivity contribution < 1.29 is 14.3 Å². The largest absolute Gasteiger partial charge is 0.455 e. The molecule has 2 heterocycles. The van der Waals surface area contributed by atoms with Gasteiger partial charge >= 0.3 is 0 Å². The molecule has 10 aromatic carbocycles. The van der Waals surface area contributed by atoms with E-state index in [0.29, 0.717) is 28.1 Å². The van der Waals surface area contributed by atoms with Crippen LogP contribution in [-0.4, -0.2) is 0 Å². The minimum atomic E-state index is -0.713. The Morgan fingerprint density at radius 2 is 0.828 bits per heavy atom. The molecule has 3 heteroatoms. The first-order valence-electron chi connectivity index (χ1n) is 23.6. The van der Waals surface area contributed by atoms with Crippen LogP contribution in [0, 0.1) is 0 Å². The Balaban J connectivity index is 1.05. The van der Waals surface area contributed by atoms with Crippen LogP contribution < -0.4 is 4.90 Å². The molecule has 0 bridgehead atoms. The quantitative estimate of drug-likeness (QED) is 0.160. The molecule has 64 heavy (non-hydrogen) atoms. The van der Waals surface area contributed by atoms with Gasteiger partial charge in [0, 0.05) is 49.7 Å². The first-order chi connectivity index (χ1) is 33.4. The van der Waals surface area contributed by atoms with E-state index in [1.165, 1.54) is 0 Å². The highest BCUT2D eigenvalue weighted by Gasteiger charge is 2.46. The van der Waals surface area contributed by atoms with Crippen molar-refractivity contribution in [3.8, 4) is 33.4 Å². The van der Waals surface area contributed by atoms with E-state index in [1.54, 1.807) is 0 Å². The summed E-state index contributed by atoms with van der Waals surface area (Å²) in [7, 11) is 0. The second kappa shape index (κ2) is 14.3. The summed E-state index contributed by atoms with van der Waals surface area (Å²) in [5.74, 6) is 0. The van der Waals surface area contributed by atoms with Crippen LogP contribution in [-0.2, 0) is 5.41 Å². The number of nitrogens with zero attached hydrogens (tertiary/aromatic N) is 1. The molecule has 0 N–H and O–H groups in total. The summed E-state index contributed by atoms with van der Waals surface area (Å²) >= 11 is 0. The van der Waals surface area contributed by atoms with E-state index in [2.05, 4.69) is 103 Å². The Bertz CT molecular complexity index is 3900. The molecule has 0 saturated carbocycles. The van der Waals surface area contributed by atoms with Crippen molar-refractivity contribution >= 4 is 60.9 Å². The van der Waals surface area contributed by atoms with E-state index in [1.807, 2.05) is 114 Å². The Morgan fingerprint density at radius 3 is 1.45 bits per heavy atom. The molecule has 3 nitrogen and oxygen atoms in total. The molecule has 0 atom stereocenters. The number of furan rings is 2. The molecule has 0 fully saturated rings. The van der Waals surface area contributed by atoms with Crippen molar-refractivity contribution in [3.63, 3.8) is 0 Å². The summed E-state index contributed by atoms with van der Waals surface area (Å²) in [6, 6.07) is 71.2. The van der Waals surface area contributed by atoms with E-state index >= 15 is 0 Å². The van der Waals surface area contributed by atoms with Crippen LogP contribution in [0.3, 0.4) is 0 Å². The highest BCUT2D eigenvalue weighted by molar-refractivity contribution is 6.10. The molecule has 0 unspecified atom stereocenters. The standard InChI is InChI=1S/C61H39NO2/c1-3-15-42(16-4-1)61(43-17-5-2-6-18-43)55-26-10-7-19-49(55)50-38-37-46(39-56(50)61)62(44-33-29-40(30-34-44)47-22-13-24-53-51-20-8-11-27-57(51)63-59(47)53)45-35-31-41(32-36-45)48-23-14-25-54-52-21-9-12-28-58(52)64-60(48)54/h1-39H/i29D,30D,33D,34D. The van der Waals surface area contributed by atoms with E-state index in [4.69, 9.17) is 8.83 Å². The van der Waals surface area contributed by atoms with Crippen molar-refractivity contribution in [2.45, 2.75) is 5.41 Å². The van der Waals surface area contributed by atoms with Gasteiger partial charge in [0.1, 0.15) is 22.3 Å². The third kappa shape index (κ3) is 5.41. The first kappa shape index (κ1) is 32.3. The van der Waals surface area contributed by atoms with Gasteiger partial charge in [0.05, 0.1) is 10.9 Å². The lowest BCUT2D eigenvalue weighted by molar-refractivity contribution is 0.669. The normalized spacial score (nSPS) is 13.7. The van der Waals surface area contributed by atoms with Gasteiger partial charge in [-0.25, -0.2) is 0 Å². The van der Waals surface area contributed by atoms with Crippen LogP contribution >= 0.6 is 0 Å². The topological polar surface area (TPSA) is 29.5 Å².